The number of nitrogens with zero attached hydrogens (tertiary/aromatic N) is 2. The fourth-order valence-electron chi connectivity index (χ4n) is 2.85. The molecule has 3 aromatic rings. The van der Waals surface area contributed by atoms with Crippen LogP contribution < -0.4 is 5.32 Å². The Hall–Kier alpha value is -2.62. The van der Waals surface area contributed by atoms with E-state index in [1.54, 1.807) is 0 Å². The smallest absolute Gasteiger partial charge is 0.226 e. The highest BCUT2D eigenvalue weighted by Crippen LogP contribution is 2.17. The van der Waals surface area contributed by atoms with E-state index in [1.807, 2.05) is 73.8 Å². The largest absolute Gasteiger partial charge is 0.349 e. The molecule has 0 radical (unpaired) electrons. The highest BCUT2D eigenvalue weighted by Gasteiger charge is 2.15. The maximum absolute atomic E-state index is 12.4. The van der Waals surface area contributed by atoms with E-state index in [0.717, 1.165) is 28.2 Å². The lowest BCUT2D eigenvalue weighted by molar-refractivity contribution is -0.121. The van der Waals surface area contributed by atoms with Gasteiger partial charge in [0.15, 0.2) is 0 Å². The van der Waals surface area contributed by atoms with Crippen LogP contribution in [0.25, 0.3) is 5.65 Å². The van der Waals surface area contributed by atoms with Crippen molar-refractivity contribution in [3.63, 3.8) is 0 Å². The van der Waals surface area contributed by atoms with Gasteiger partial charge >= 0.3 is 0 Å². The monoisotopic (exact) mass is 307 g/mol. The molecule has 118 valence electrons. The number of pyridine rings is 1. The second-order valence-corrected chi connectivity index (χ2v) is 5.91. The number of amides is 1. The molecule has 0 aliphatic rings. The third-order valence-corrected chi connectivity index (χ3v) is 4.15. The summed E-state index contributed by atoms with van der Waals surface area (Å²) in [5.41, 5.74) is 4.98. The van der Waals surface area contributed by atoms with Gasteiger partial charge in [0.25, 0.3) is 0 Å². The molecule has 4 heteroatoms. The number of hydrogen-bond acceptors (Lipinski definition) is 2. The number of carbonyl (C=O) groups excluding carboxylic acids is 1. The van der Waals surface area contributed by atoms with Crippen LogP contribution in [0.2, 0.25) is 0 Å². The zero-order valence-electron chi connectivity index (χ0n) is 13.7. The topological polar surface area (TPSA) is 46.4 Å². The number of hydrogen-bond donors (Lipinski definition) is 1. The van der Waals surface area contributed by atoms with Gasteiger partial charge in [0.2, 0.25) is 5.91 Å². The van der Waals surface area contributed by atoms with Crippen molar-refractivity contribution in [3.8, 4) is 0 Å². The minimum atomic E-state index is -0.00933. The Morgan fingerprint density at radius 2 is 1.91 bits per heavy atom. The first-order valence-electron chi connectivity index (χ1n) is 7.83. The molecule has 1 unspecified atom stereocenters. The van der Waals surface area contributed by atoms with Crippen molar-refractivity contribution in [1.82, 2.24) is 14.7 Å². The van der Waals surface area contributed by atoms with Gasteiger partial charge in [-0.15, -0.1) is 0 Å². The Morgan fingerprint density at radius 3 is 2.65 bits per heavy atom. The summed E-state index contributed by atoms with van der Waals surface area (Å²) in [6, 6.07) is 14.0. The zero-order valence-corrected chi connectivity index (χ0v) is 13.7. The van der Waals surface area contributed by atoms with Crippen molar-refractivity contribution in [2.24, 2.45) is 0 Å². The molecule has 1 aromatic carbocycles. The van der Waals surface area contributed by atoms with Crippen molar-refractivity contribution in [2.75, 3.05) is 0 Å². The standard InChI is InChI=1S/C19H21N3O/c1-13-8-7-11-22-17(15(3)21-19(13)22)12-18(23)20-14(2)16-9-5-4-6-10-16/h4-11,14H,12H2,1-3H3,(H,20,23). The van der Waals surface area contributed by atoms with Crippen molar-refractivity contribution >= 4 is 11.6 Å². The molecule has 1 atom stereocenters. The van der Waals surface area contributed by atoms with E-state index in [9.17, 15) is 4.79 Å². The lowest BCUT2D eigenvalue weighted by Crippen LogP contribution is -2.28. The lowest BCUT2D eigenvalue weighted by atomic mass is 10.1. The molecule has 0 saturated heterocycles. The van der Waals surface area contributed by atoms with Crippen LogP contribution in [0.5, 0.6) is 0 Å². The molecule has 0 aliphatic heterocycles. The Labute approximate surface area is 136 Å². The van der Waals surface area contributed by atoms with Crippen LogP contribution >= 0.6 is 0 Å². The Morgan fingerprint density at radius 1 is 1.17 bits per heavy atom. The van der Waals surface area contributed by atoms with E-state index in [0.29, 0.717) is 6.42 Å². The highest BCUT2D eigenvalue weighted by molar-refractivity contribution is 5.79. The van der Waals surface area contributed by atoms with Crippen LogP contribution in [0.1, 0.15) is 35.5 Å². The van der Waals surface area contributed by atoms with Gasteiger partial charge in [-0.25, -0.2) is 4.98 Å². The first-order valence-corrected chi connectivity index (χ1v) is 7.83. The Kier molecular flexibility index (Phi) is 4.15. The van der Waals surface area contributed by atoms with Gasteiger partial charge in [0, 0.05) is 6.20 Å². The van der Waals surface area contributed by atoms with Crippen molar-refractivity contribution < 1.29 is 4.79 Å². The van der Waals surface area contributed by atoms with E-state index in [2.05, 4.69) is 10.3 Å². The Balaban J connectivity index is 1.78. The molecule has 0 bridgehead atoms. The number of fused-ring (bicyclic) bond motifs is 1. The summed E-state index contributed by atoms with van der Waals surface area (Å²) in [5, 5.41) is 3.06. The molecular weight excluding hydrogens is 286 g/mol. The summed E-state index contributed by atoms with van der Waals surface area (Å²) < 4.78 is 2.01. The molecule has 0 aliphatic carbocycles. The lowest BCUT2D eigenvalue weighted by Gasteiger charge is -2.14. The number of nitrogens with one attached hydrogen (secondary N) is 1. The quantitative estimate of drug-likeness (QED) is 0.803. The normalized spacial score (nSPS) is 12.3. The van der Waals surface area contributed by atoms with E-state index >= 15 is 0 Å². The number of carbonyl (C=O) groups is 1. The summed E-state index contributed by atoms with van der Waals surface area (Å²) in [5.74, 6) is 0.00718. The number of benzene rings is 1. The molecule has 23 heavy (non-hydrogen) atoms. The van der Waals surface area contributed by atoms with Gasteiger partial charge in [-0.05, 0) is 38.0 Å². The molecule has 0 spiro atoms. The molecular formula is C19H21N3O. The summed E-state index contributed by atoms with van der Waals surface area (Å²) in [6.07, 6.45) is 2.29. The van der Waals surface area contributed by atoms with E-state index in [4.69, 9.17) is 0 Å². The van der Waals surface area contributed by atoms with Crippen molar-refractivity contribution in [2.45, 2.75) is 33.2 Å². The molecule has 2 aromatic heterocycles. The van der Waals surface area contributed by atoms with Crippen LogP contribution in [0.3, 0.4) is 0 Å². The van der Waals surface area contributed by atoms with Crippen LogP contribution in [0.15, 0.2) is 48.7 Å². The van der Waals surface area contributed by atoms with Gasteiger partial charge < -0.3 is 9.72 Å². The summed E-state index contributed by atoms with van der Waals surface area (Å²) in [4.78, 5) is 17.0. The predicted octanol–water partition coefficient (Wildman–Crippen LogP) is 3.37. The average molecular weight is 307 g/mol. The second-order valence-electron chi connectivity index (χ2n) is 5.91. The third-order valence-electron chi connectivity index (χ3n) is 4.15. The Bertz CT molecular complexity index is 836. The van der Waals surface area contributed by atoms with Crippen LogP contribution in [0, 0.1) is 13.8 Å². The molecule has 2 heterocycles. The predicted molar refractivity (Wildman–Crippen MR) is 91.4 cm³/mol. The van der Waals surface area contributed by atoms with Gasteiger partial charge in [-0.2, -0.15) is 0 Å². The summed E-state index contributed by atoms with van der Waals surface area (Å²) >= 11 is 0. The molecule has 1 N–H and O–H groups in total. The van der Waals surface area contributed by atoms with Crippen LogP contribution in [-0.4, -0.2) is 15.3 Å². The molecule has 3 rings (SSSR count). The maximum atomic E-state index is 12.4. The number of imidazole rings is 1. The first kappa shape index (κ1) is 15.3. The molecule has 1 amide bonds. The fourth-order valence-corrected chi connectivity index (χ4v) is 2.85. The number of aromatic nitrogens is 2. The summed E-state index contributed by atoms with van der Waals surface area (Å²) in [7, 11) is 0. The van der Waals surface area contributed by atoms with E-state index < -0.39 is 0 Å². The molecule has 0 saturated carbocycles. The average Bonchev–Trinajstić information content (AvgIpc) is 2.86. The fraction of sp³-hybridized carbons (Fsp3) is 0.263. The number of rotatable bonds is 4. The van der Waals surface area contributed by atoms with E-state index in [1.165, 1.54) is 0 Å². The second kappa shape index (κ2) is 6.24. The van der Waals surface area contributed by atoms with Crippen LogP contribution in [-0.2, 0) is 11.2 Å². The first-order chi connectivity index (χ1) is 11.1. The van der Waals surface area contributed by atoms with E-state index in [-0.39, 0.29) is 11.9 Å². The van der Waals surface area contributed by atoms with Gasteiger partial charge in [0.1, 0.15) is 5.65 Å². The van der Waals surface area contributed by atoms with Gasteiger partial charge in [0.05, 0.1) is 23.9 Å². The third kappa shape index (κ3) is 3.11. The van der Waals surface area contributed by atoms with Crippen molar-refractivity contribution in [1.29, 1.82) is 0 Å². The number of aryl methyl sites for hydroxylation is 2. The highest BCUT2D eigenvalue weighted by atomic mass is 16.1. The minimum Gasteiger partial charge on any atom is -0.349 e. The minimum absolute atomic E-state index is 0.00718. The molecule has 0 fully saturated rings. The molecule has 4 nitrogen and oxygen atoms in total. The maximum Gasteiger partial charge on any atom is 0.226 e. The summed E-state index contributed by atoms with van der Waals surface area (Å²) in [6.45, 7) is 5.98. The van der Waals surface area contributed by atoms with Gasteiger partial charge in [-0.1, -0.05) is 36.4 Å². The zero-order chi connectivity index (χ0) is 16.4. The SMILES string of the molecule is Cc1nc2c(C)cccn2c1CC(=O)NC(C)c1ccccc1. The van der Waals surface area contributed by atoms with Gasteiger partial charge in [-0.3, -0.25) is 4.79 Å². The van der Waals surface area contributed by atoms with Crippen molar-refractivity contribution in [3.05, 3.63) is 71.2 Å². The van der Waals surface area contributed by atoms with Crippen LogP contribution in [0.4, 0.5) is 0 Å².